The molecule has 0 atom stereocenters. The van der Waals surface area contributed by atoms with Crippen molar-refractivity contribution in [2.75, 3.05) is 0 Å². The third kappa shape index (κ3) is 4.13. The van der Waals surface area contributed by atoms with Gasteiger partial charge in [-0.05, 0) is 25.0 Å². The van der Waals surface area contributed by atoms with Gasteiger partial charge in [0.25, 0.3) is 0 Å². The molecule has 0 spiro atoms. The summed E-state index contributed by atoms with van der Waals surface area (Å²) in [6, 6.07) is 5.66. The van der Waals surface area contributed by atoms with Crippen LogP contribution in [0.2, 0.25) is 0 Å². The lowest BCUT2D eigenvalue weighted by molar-refractivity contribution is -0.129. The van der Waals surface area contributed by atoms with Crippen molar-refractivity contribution in [3.05, 3.63) is 30.6 Å². The molecule has 2 rings (SSSR count). The summed E-state index contributed by atoms with van der Waals surface area (Å²) in [5.74, 6) is -0.344. The number of hydrogen-bond acceptors (Lipinski definition) is 5. The van der Waals surface area contributed by atoms with Crippen molar-refractivity contribution in [1.29, 1.82) is 0 Å². The van der Waals surface area contributed by atoms with Crippen molar-refractivity contribution in [3.8, 4) is 11.4 Å². The smallest absolute Gasteiger partial charge is 0.243 e. The maximum atomic E-state index is 10.8. The van der Waals surface area contributed by atoms with E-state index in [0.717, 1.165) is 37.2 Å². The topological polar surface area (TPSA) is 92.9 Å². The molecule has 2 aromatic heterocycles. The SMILES string of the molecule is O=C(CCCCCn1cc(-c2ccccn2)nn1)NO. The summed E-state index contributed by atoms with van der Waals surface area (Å²) in [4.78, 5) is 15.0. The van der Waals surface area contributed by atoms with E-state index in [-0.39, 0.29) is 5.91 Å². The van der Waals surface area contributed by atoms with Crippen LogP contribution in [0.5, 0.6) is 0 Å². The van der Waals surface area contributed by atoms with Gasteiger partial charge in [0.15, 0.2) is 0 Å². The number of hydroxylamine groups is 1. The molecule has 0 unspecified atom stereocenters. The number of nitrogens with one attached hydrogen (secondary N) is 1. The molecule has 0 bridgehead atoms. The predicted molar refractivity (Wildman–Crippen MR) is 71.7 cm³/mol. The zero-order valence-electron chi connectivity index (χ0n) is 11.1. The summed E-state index contributed by atoms with van der Waals surface area (Å²) in [5.41, 5.74) is 3.18. The van der Waals surface area contributed by atoms with E-state index in [1.807, 2.05) is 24.4 Å². The summed E-state index contributed by atoms with van der Waals surface area (Å²) < 4.78 is 1.77. The molecule has 2 aromatic rings. The Hall–Kier alpha value is -2.28. The summed E-state index contributed by atoms with van der Waals surface area (Å²) >= 11 is 0. The van der Waals surface area contributed by atoms with Crippen LogP contribution >= 0.6 is 0 Å². The minimum atomic E-state index is -0.344. The molecule has 1 amide bonds. The van der Waals surface area contributed by atoms with Crippen LogP contribution < -0.4 is 5.48 Å². The standard InChI is InChI=1S/C13H17N5O2/c19-13(16-20)7-2-1-5-9-18-10-12(15-17-18)11-6-3-4-8-14-11/h3-4,6,8,10,20H,1-2,5,7,9H2,(H,16,19). The van der Waals surface area contributed by atoms with Gasteiger partial charge in [-0.3, -0.25) is 19.7 Å². The number of nitrogens with zero attached hydrogens (tertiary/aromatic N) is 4. The lowest BCUT2D eigenvalue weighted by atomic mass is 10.2. The Balaban J connectivity index is 1.75. The second-order valence-corrected chi connectivity index (χ2v) is 4.43. The summed E-state index contributed by atoms with van der Waals surface area (Å²) in [7, 11) is 0. The van der Waals surface area contributed by atoms with Crippen LogP contribution in [0.1, 0.15) is 25.7 Å². The lowest BCUT2D eigenvalue weighted by Gasteiger charge is -2.00. The number of aromatic nitrogens is 4. The Morgan fingerprint density at radius 3 is 2.90 bits per heavy atom. The van der Waals surface area contributed by atoms with E-state index < -0.39 is 0 Å². The molecule has 7 nitrogen and oxygen atoms in total. The van der Waals surface area contributed by atoms with E-state index in [4.69, 9.17) is 5.21 Å². The average Bonchev–Trinajstić information content (AvgIpc) is 2.96. The molecule has 0 radical (unpaired) electrons. The van der Waals surface area contributed by atoms with Crippen LogP contribution in [0.25, 0.3) is 11.4 Å². The van der Waals surface area contributed by atoms with Crippen LogP contribution in [-0.2, 0) is 11.3 Å². The van der Waals surface area contributed by atoms with Crippen molar-refractivity contribution >= 4 is 5.91 Å². The van der Waals surface area contributed by atoms with E-state index in [1.165, 1.54) is 0 Å². The number of rotatable bonds is 7. The van der Waals surface area contributed by atoms with Crippen LogP contribution in [-0.4, -0.2) is 31.1 Å². The highest BCUT2D eigenvalue weighted by Gasteiger charge is 2.04. The highest BCUT2D eigenvalue weighted by atomic mass is 16.5. The number of carbonyl (C=O) groups is 1. The van der Waals surface area contributed by atoms with Crippen molar-refractivity contribution in [1.82, 2.24) is 25.5 Å². The summed E-state index contributed by atoms with van der Waals surface area (Å²) in [5, 5.41) is 16.5. The lowest BCUT2D eigenvalue weighted by Crippen LogP contribution is -2.17. The fourth-order valence-corrected chi connectivity index (χ4v) is 1.83. The van der Waals surface area contributed by atoms with Gasteiger partial charge in [0.1, 0.15) is 5.69 Å². The molecule has 0 aliphatic carbocycles. The zero-order chi connectivity index (χ0) is 14.2. The number of aryl methyl sites for hydroxylation is 1. The molecule has 0 aromatic carbocycles. The Kier molecular flexibility index (Phi) is 5.19. The number of hydrogen-bond donors (Lipinski definition) is 2. The van der Waals surface area contributed by atoms with Gasteiger partial charge < -0.3 is 0 Å². The van der Waals surface area contributed by atoms with Crippen LogP contribution in [0, 0.1) is 0 Å². The van der Waals surface area contributed by atoms with Crippen LogP contribution in [0.15, 0.2) is 30.6 Å². The Labute approximate surface area is 116 Å². The Morgan fingerprint density at radius 1 is 1.25 bits per heavy atom. The average molecular weight is 275 g/mol. The summed E-state index contributed by atoms with van der Waals surface area (Å²) in [6.45, 7) is 0.751. The minimum absolute atomic E-state index is 0.340. The molecular formula is C13H17N5O2. The molecule has 0 aliphatic heterocycles. The zero-order valence-corrected chi connectivity index (χ0v) is 11.1. The number of amides is 1. The maximum absolute atomic E-state index is 10.8. The fraction of sp³-hybridized carbons (Fsp3) is 0.385. The second-order valence-electron chi connectivity index (χ2n) is 4.43. The van der Waals surface area contributed by atoms with Crippen LogP contribution in [0.4, 0.5) is 0 Å². The van der Waals surface area contributed by atoms with Crippen LogP contribution in [0.3, 0.4) is 0 Å². The molecule has 0 fully saturated rings. The minimum Gasteiger partial charge on any atom is -0.289 e. The van der Waals surface area contributed by atoms with E-state index in [0.29, 0.717) is 6.42 Å². The Morgan fingerprint density at radius 2 is 2.15 bits per heavy atom. The first-order valence-electron chi connectivity index (χ1n) is 6.54. The van der Waals surface area contributed by atoms with Gasteiger partial charge in [0.05, 0.1) is 11.9 Å². The molecule has 20 heavy (non-hydrogen) atoms. The molecule has 0 aliphatic rings. The van der Waals surface area contributed by atoms with Crippen molar-refractivity contribution in [3.63, 3.8) is 0 Å². The number of pyridine rings is 1. The van der Waals surface area contributed by atoms with Gasteiger partial charge in [-0.1, -0.05) is 17.7 Å². The van der Waals surface area contributed by atoms with Gasteiger partial charge in [-0.15, -0.1) is 5.10 Å². The van der Waals surface area contributed by atoms with Gasteiger partial charge in [0.2, 0.25) is 5.91 Å². The Bertz CT molecular complexity index is 541. The molecular weight excluding hydrogens is 258 g/mol. The van der Waals surface area contributed by atoms with E-state index in [9.17, 15) is 4.79 Å². The highest BCUT2D eigenvalue weighted by molar-refractivity contribution is 5.74. The second kappa shape index (κ2) is 7.34. The van der Waals surface area contributed by atoms with Crippen molar-refractivity contribution in [2.45, 2.75) is 32.2 Å². The molecule has 0 saturated heterocycles. The molecule has 2 heterocycles. The highest BCUT2D eigenvalue weighted by Crippen LogP contribution is 2.12. The number of unbranched alkanes of at least 4 members (excludes halogenated alkanes) is 2. The summed E-state index contributed by atoms with van der Waals surface area (Å²) in [6.07, 6.45) is 6.47. The molecule has 106 valence electrons. The first-order valence-corrected chi connectivity index (χ1v) is 6.54. The maximum Gasteiger partial charge on any atom is 0.243 e. The monoisotopic (exact) mass is 275 g/mol. The van der Waals surface area contributed by atoms with Gasteiger partial charge >= 0.3 is 0 Å². The van der Waals surface area contributed by atoms with Gasteiger partial charge in [-0.2, -0.15) is 0 Å². The molecule has 2 N–H and O–H groups in total. The normalized spacial score (nSPS) is 10.4. The quantitative estimate of drug-likeness (QED) is 0.452. The van der Waals surface area contributed by atoms with Gasteiger partial charge in [-0.25, -0.2) is 5.48 Å². The first-order chi connectivity index (χ1) is 9.79. The van der Waals surface area contributed by atoms with Crippen molar-refractivity contribution in [2.24, 2.45) is 0 Å². The molecule has 0 saturated carbocycles. The first kappa shape index (κ1) is 14.1. The van der Waals surface area contributed by atoms with E-state index >= 15 is 0 Å². The number of carbonyl (C=O) groups excluding carboxylic acids is 1. The fourth-order valence-electron chi connectivity index (χ4n) is 1.83. The van der Waals surface area contributed by atoms with Gasteiger partial charge in [0, 0.05) is 19.2 Å². The third-order valence-electron chi connectivity index (χ3n) is 2.88. The van der Waals surface area contributed by atoms with Crippen molar-refractivity contribution < 1.29 is 10.0 Å². The largest absolute Gasteiger partial charge is 0.289 e. The third-order valence-corrected chi connectivity index (χ3v) is 2.88. The molecule has 7 heteroatoms. The van der Waals surface area contributed by atoms with E-state index in [2.05, 4.69) is 15.3 Å². The predicted octanol–water partition coefficient (Wildman–Crippen LogP) is 1.41. The van der Waals surface area contributed by atoms with E-state index in [1.54, 1.807) is 16.4 Å².